The van der Waals surface area contributed by atoms with Crippen molar-refractivity contribution in [2.45, 2.75) is 75.7 Å². The maximum Gasteiger partial charge on any atom is 0.313 e. The van der Waals surface area contributed by atoms with Gasteiger partial charge < -0.3 is 29.7 Å². The molecule has 5 rings (SSSR count). The number of fused-ring (bicyclic) bond motifs is 1. The number of anilines is 1. The molecule has 49 heavy (non-hydrogen) atoms. The summed E-state index contributed by atoms with van der Waals surface area (Å²) in [6.07, 6.45) is 5.34. The number of halogens is 1. The lowest BCUT2D eigenvalue weighted by atomic mass is 9.70. The van der Waals surface area contributed by atoms with Crippen LogP contribution in [0.3, 0.4) is 0 Å². The van der Waals surface area contributed by atoms with E-state index in [1.54, 1.807) is 28.0 Å². The van der Waals surface area contributed by atoms with Crippen LogP contribution in [0.4, 0.5) is 5.69 Å². The summed E-state index contributed by atoms with van der Waals surface area (Å²) in [4.78, 5) is 59.1. The van der Waals surface area contributed by atoms with Crippen LogP contribution in [0, 0.1) is 18.8 Å². The molecule has 0 aromatic heterocycles. The highest BCUT2D eigenvalue weighted by molar-refractivity contribution is 6.34. The molecule has 0 saturated carbocycles. The van der Waals surface area contributed by atoms with Gasteiger partial charge in [-0.1, -0.05) is 66.2 Å². The molecule has 6 atom stereocenters. The molecule has 1 spiro atoms. The second-order valence-electron chi connectivity index (χ2n) is 13.0. The van der Waals surface area contributed by atoms with E-state index in [1.165, 1.54) is 0 Å². The molecule has 0 radical (unpaired) electrons. The fourth-order valence-corrected chi connectivity index (χ4v) is 8.01. The summed E-state index contributed by atoms with van der Waals surface area (Å²) in [7, 11) is 0. The molecule has 2 aromatic carbocycles. The summed E-state index contributed by atoms with van der Waals surface area (Å²) in [6.45, 7) is 9.90. The Kier molecular flexibility index (Phi) is 12.0. The molecule has 3 aliphatic rings. The summed E-state index contributed by atoms with van der Waals surface area (Å²) in [5.74, 6) is -3.33. The van der Waals surface area contributed by atoms with Crippen LogP contribution < -0.4 is 10.2 Å². The van der Waals surface area contributed by atoms with Gasteiger partial charge in [-0.05, 0) is 62.6 Å². The maximum absolute atomic E-state index is 14.8. The molecule has 3 heterocycles. The number of aryl methyl sites for hydroxylation is 1. The first-order chi connectivity index (χ1) is 23.7. The highest BCUT2D eigenvalue weighted by Gasteiger charge is 2.75. The van der Waals surface area contributed by atoms with Crippen molar-refractivity contribution in [3.8, 4) is 0 Å². The monoisotopic (exact) mass is 691 g/mol. The lowest BCUT2D eigenvalue weighted by molar-refractivity contribution is -0.160. The molecule has 0 aliphatic carbocycles. The van der Waals surface area contributed by atoms with Crippen molar-refractivity contribution in [3.05, 3.63) is 90.0 Å². The summed E-state index contributed by atoms with van der Waals surface area (Å²) < 4.78 is 12.8. The normalized spacial score (nSPS) is 24.3. The molecule has 10 nitrogen and oxygen atoms in total. The van der Waals surface area contributed by atoms with Crippen molar-refractivity contribution in [2.75, 3.05) is 31.1 Å². The second kappa shape index (κ2) is 16.1. The summed E-state index contributed by atoms with van der Waals surface area (Å²) in [5.41, 5.74) is 0.781. The van der Waals surface area contributed by atoms with Gasteiger partial charge in [-0.15, -0.1) is 13.2 Å². The van der Waals surface area contributed by atoms with Crippen LogP contribution >= 0.6 is 11.6 Å². The van der Waals surface area contributed by atoms with E-state index in [2.05, 4.69) is 18.5 Å². The number of esters is 1. The van der Waals surface area contributed by atoms with E-state index in [0.29, 0.717) is 54.8 Å². The number of rotatable bonds is 17. The van der Waals surface area contributed by atoms with Gasteiger partial charge in [0.1, 0.15) is 17.7 Å². The van der Waals surface area contributed by atoms with E-state index in [9.17, 15) is 24.3 Å². The minimum atomic E-state index is -1.24. The van der Waals surface area contributed by atoms with Crippen LogP contribution in [-0.2, 0) is 28.7 Å². The van der Waals surface area contributed by atoms with Crippen LogP contribution in [-0.4, -0.2) is 77.7 Å². The number of allylic oxidation sites excluding steroid dienone is 1. The third kappa shape index (κ3) is 7.32. The predicted molar refractivity (Wildman–Crippen MR) is 187 cm³/mol. The standard InChI is InChI=1S/C38H46ClN3O7/c1-4-6-18-30(44)40-24-29(26-15-9-7-10-16-26)48-37(47)31-28-19-20-38(49-28)32(31)35(45)42(22-11-8-12-23-43)34(38)36(46)41(21-5-2)33-25(3)14-13-17-27(33)39/h4-5,7,9-10,13-17,28-29,31-32,34,43H,1-2,6,8,11-12,18-24H2,3H3,(H,40,44)/t28-,29-,31+,32+,34-,38+/m0/s1. The first-order valence-corrected chi connectivity index (χ1v) is 17.5. The lowest BCUT2D eigenvalue weighted by Crippen LogP contribution is -2.56. The average molecular weight is 692 g/mol. The average Bonchev–Trinajstić information content (AvgIpc) is 3.74. The molecule has 262 valence electrons. The number of ether oxygens (including phenoxy) is 2. The highest BCUT2D eigenvalue weighted by Crippen LogP contribution is 2.59. The molecule has 3 aliphatic heterocycles. The number of hydrogen-bond donors (Lipinski definition) is 2. The van der Waals surface area contributed by atoms with Gasteiger partial charge in [0.05, 0.1) is 35.2 Å². The Labute approximate surface area is 293 Å². The predicted octanol–water partition coefficient (Wildman–Crippen LogP) is 5.07. The number of aliphatic hydroxyl groups excluding tert-OH is 1. The summed E-state index contributed by atoms with van der Waals surface area (Å²) >= 11 is 6.66. The molecule has 2 N–H and O–H groups in total. The van der Waals surface area contributed by atoms with Crippen molar-refractivity contribution < 1.29 is 33.8 Å². The number of amides is 3. The number of nitrogens with one attached hydrogen (secondary N) is 1. The third-order valence-corrected chi connectivity index (χ3v) is 10.2. The maximum atomic E-state index is 14.8. The van der Waals surface area contributed by atoms with Gasteiger partial charge in [-0.3, -0.25) is 19.2 Å². The van der Waals surface area contributed by atoms with Gasteiger partial charge in [0.15, 0.2) is 0 Å². The van der Waals surface area contributed by atoms with E-state index in [1.807, 2.05) is 49.4 Å². The Balaban J connectivity index is 1.47. The number of unbranched alkanes of at least 4 members (excludes halogenated alkanes) is 2. The number of aliphatic hydroxyl groups is 1. The number of carbonyl (C=O) groups is 4. The van der Waals surface area contributed by atoms with Gasteiger partial charge in [0, 0.05) is 26.1 Å². The molecular weight excluding hydrogens is 646 g/mol. The van der Waals surface area contributed by atoms with Crippen LogP contribution in [0.15, 0.2) is 73.8 Å². The van der Waals surface area contributed by atoms with Crippen LogP contribution in [0.25, 0.3) is 0 Å². The first-order valence-electron chi connectivity index (χ1n) is 17.1. The van der Waals surface area contributed by atoms with Gasteiger partial charge in [-0.25, -0.2) is 0 Å². The number of hydrogen-bond acceptors (Lipinski definition) is 7. The zero-order valence-electron chi connectivity index (χ0n) is 28.0. The van der Waals surface area contributed by atoms with E-state index < -0.39 is 41.7 Å². The Bertz CT molecular complexity index is 1530. The molecule has 3 saturated heterocycles. The number of likely N-dealkylation sites (tertiary alicyclic amines) is 1. The molecular formula is C38H46ClN3O7. The molecule has 3 amide bonds. The molecule has 11 heteroatoms. The summed E-state index contributed by atoms with van der Waals surface area (Å²) in [6, 6.07) is 13.5. The van der Waals surface area contributed by atoms with E-state index in [-0.39, 0.29) is 50.4 Å². The van der Waals surface area contributed by atoms with E-state index in [4.69, 9.17) is 21.1 Å². The molecule has 2 bridgehead atoms. The first kappa shape index (κ1) is 36.3. The van der Waals surface area contributed by atoms with Crippen molar-refractivity contribution in [1.82, 2.24) is 10.2 Å². The van der Waals surface area contributed by atoms with Crippen LogP contribution in [0.2, 0.25) is 5.02 Å². The Hall–Kier alpha value is -3.99. The number of para-hydroxylation sites is 1. The van der Waals surface area contributed by atoms with Crippen LogP contribution in [0.1, 0.15) is 62.2 Å². The minimum absolute atomic E-state index is 0.0256. The van der Waals surface area contributed by atoms with Crippen molar-refractivity contribution in [3.63, 3.8) is 0 Å². The van der Waals surface area contributed by atoms with Crippen molar-refractivity contribution in [1.29, 1.82) is 0 Å². The zero-order chi connectivity index (χ0) is 35.1. The fourth-order valence-electron chi connectivity index (χ4n) is 7.69. The number of nitrogens with zero attached hydrogens (tertiary/aromatic N) is 2. The SMILES string of the molecule is C=CCCC(=O)NC[C@H](OC(=O)[C@@H]1[C@@H]2CC[C@]3(O2)[C@H](C(=O)N(CC=C)c2c(C)cccc2Cl)N(CCCCCO)C(=O)[C@@H]13)c1ccccc1. The Morgan fingerprint density at radius 2 is 1.92 bits per heavy atom. The van der Waals surface area contributed by atoms with Gasteiger partial charge in [0.2, 0.25) is 11.8 Å². The quantitative estimate of drug-likeness (QED) is 0.135. The smallest absolute Gasteiger partial charge is 0.313 e. The number of benzene rings is 2. The van der Waals surface area contributed by atoms with E-state index in [0.717, 1.165) is 5.56 Å². The molecule has 0 unspecified atom stereocenters. The summed E-state index contributed by atoms with van der Waals surface area (Å²) in [5, 5.41) is 12.6. The van der Waals surface area contributed by atoms with Crippen molar-refractivity contribution >= 4 is 41.0 Å². The van der Waals surface area contributed by atoms with E-state index >= 15 is 0 Å². The van der Waals surface area contributed by atoms with Crippen molar-refractivity contribution in [2.24, 2.45) is 11.8 Å². The molecule has 2 aromatic rings. The van der Waals surface area contributed by atoms with Gasteiger partial charge >= 0.3 is 5.97 Å². The third-order valence-electron chi connectivity index (χ3n) is 9.89. The fraction of sp³-hybridized carbons (Fsp3) is 0.474. The Morgan fingerprint density at radius 1 is 1.14 bits per heavy atom. The Morgan fingerprint density at radius 3 is 2.61 bits per heavy atom. The molecule has 3 fully saturated rings. The van der Waals surface area contributed by atoms with Crippen LogP contribution in [0.5, 0.6) is 0 Å². The highest BCUT2D eigenvalue weighted by atomic mass is 35.5. The zero-order valence-corrected chi connectivity index (χ0v) is 28.8. The second-order valence-corrected chi connectivity index (χ2v) is 13.4. The largest absolute Gasteiger partial charge is 0.455 e. The van der Waals surface area contributed by atoms with Gasteiger partial charge in [0.25, 0.3) is 5.91 Å². The van der Waals surface area contributed by atoms with Gasteiger partial charge in [-0.2, -0.15) is 0 Å². The number of carbonyl (C=O) groups excluding carboxylic acids is 4. The lowest BCUT2D eigenvalue weighted by Gasteiger charge is -2.37. The topological polar surface area (TPSA) is 125 Å². The minimum Gasteiger partial charge on any atom is -0.455 e.